The summed E-state index contributed by atoms with van der Waals surface area (Å²) in [6, 6.07) is 4.88. The molecule has 0 aliphatic rings. The molecule has 5 nitrogen and oxygen atoms in total. The highest BCUT2D eigenvalue weighted by atomic mass is 79.9. The van der Waals surface area contributed by atoms with Gasteiger partial charge in [0.15, 0.2) is 4.75 Å². The second-order valence-electron chi connectivity index (χ2n) is 5.59. The van der Waals surface area contributed by atoms with Crippen LogP contribution in [0.15, 0.2) is 22.7 Å². The zero-order valence-electron chi connectivity index (χ0n) is 12.8. The molecular weight excluding hydrogens is 356 g/mol. The summed E-state index contributed by atoms with van der Waals surface area (Å²) in [6.45, 7) is 7.74. The van der Waals surface area contributed by atoms with Gasteiger partial charge in [0, 0.05) is 17.1 Å². The lowest BCUT2D eigenvalue weighted by Gasteiger charge is -2.15. The monoisotopic (exact) mass is 377 g/mol. The van der Waals surface area contributed by atoms with Gasteiger partial charge in [-0.2, -0.15) is 4.18 Å². The van der Waals surface area contributed by atoms with Crippen molar-refractivity contribution in [3.8, 4) is 0 Å². The molecule has 1 unspecified atom stereocenters. The normalized spacial score (nSPS) is 13.0. The molecule has 0 fully saturated rings. The Bertz CT molecular complexity index is 492. The molecule has 1 atom stereocenters. The summed E-state index contributed by atoms with van der Waals surface area (Å²) >= 11 is 3.23. The predicted octanol–water partition coefficient (Wildman–Crippen LogP) is 4.14. The largest absolute Gasteiger partial charge is 0.379 e. The van der Waals surface area contributed by atoms with E-state index in [1.165, 1.54) is 6.07 Å². The van der Waals surface area contributed by atoms with E-state index in [0.29, 0.717) is 18.8 Å². The van der Waals surface area contributed by atoms with Crippen LogP contribution in [-0.4, -0.2) is 29.1 Å². The summed E-state index contributed by atoms with van der Waals surface area (Å²) in [4.78, 5) is 10.6. The second kappa shape index (κ2) is 8.00. The summed E-state index contributed by atoms with van der Waals surface area (Å²) < 4.78 is 6.75. The fourth-order valence-electron chi connectivity index (χ4n) is 1.46. The second-order valence-corrected chi connectivity index (χ2v) is 8.87. The summed E-state index contributed by atoms with van der Waals surface area (Å²) in [5.74, 6) is 0. The van der Waals surface area contributed by atoms with Crippen LogP contribution in [0.1, 0.15) is 27.2 Å². The van der Waals surface area contributed by atoms with Crippen LogP contribution in [0.25, 0.3) is 0 Å². The highest BCUT2D eigenvalue weighted by molar-refractivity contribution is 9.10. The molecule has 0 aliphatic heterocycles. The molecule has 1 aromatic carbocycles. The van der Waals surface area contributed by atoms with Gasteiger partial charge in [0.25, 0.3) is 5.69 Å². The van der Waals surface area contributed by atoms with Gasteiger partial charge in [-0.05, 0) is 39.3 Å². The number of benzene rings is 1. The van der Waals surface area contributed by atoms with Gasteiger partial charge in [0.1, 0.15) is 29.7 Å². The lowest BCUT2D eigenvalue weighted by atomic mass is 10.2. The number of halogens is 1. The van der Waals surface area contributed by atoms with Crippen molar-refractivity contribution in [2.75, 3.05) is 24.7 Å². The molecule has 0 saturated carbocycles. The van der Waals surface area contributed by atoms with Gasteiger partial charge in [0.2, 0.25) is 0 Å². The quantitative estimate of drug-likeness (QED) is 0.335. The third kappa shape index (κ3) is 6.23. The van der Waals surface area contributed by atoms with Crippen molar-refractivity contribution in [2.45, 2.75) is 31.9 Å². The van der Waals surface area contributed by atoms with E-state index in [4.69, 9.17) is 4.18 Å². The molecule has 0 spiro atoms. The van der Waals surface area contributed by atoms with Gasteiger partial charge in [-0.25, -0.2) is 0 Å². The lowest BCUT2D eigenvalue weighted by Crippen LogP contribution is -2.29. The zero-order valence-corrected chi connectivity index (χ0v) is 15.2. The number of hydrogen-bond acceptors (Lipinski definition) is 4. The highest BCUT2D eigenvalue weighted by Crippen LogP contribution is 2.27. The molecule has 0 radical (unpaired) electrons. The van der Waals surface area contributed by atoms with Gasteiger partial charge in [-0.1, -0.05) is 15.9 Å². The highest BCUT2D eigenvalue weighted by Gasteiger charge is 2.31. The Hall–Kier alpha value is -0.790. The van der Waals surface area contributed by atoms with Crippen LogP contribution in [-0.2, 0) is 15.4 Å². The molecule has 0 amide bonds. The molecule has 21 heavy (non-hydrogen) atoms. The third-order valence-electron chi connectivity index (χ3n) is 2.91. The van der Waals surface area contributed by atoms with Crippen LogP contribution in [0.2, 0.25) is 0 Å². The zero-order chi connectivity index (χ0) is 16.0. The SMILES string of the molecule is C[S+](OCCCNc1cc(Br)ccc1[N+](=O)[O-])C(C)(C)C. The van der Waals surface area contributed by atoms with Crippen LogP contribution in [0.3, 0.4) is 0 Å². The molecule has 7 heteroatoms. The average molecular weight is 378 g/mol. The van der Waals surface area contributed by atoms with Gasteiger partial charge in [-0.15, -0.1) is 0 Å². The maximum absolute atomic E-state index is 10.9. The fourth-order valence-corrected chi connectivity index (χ4v) is 2.55. The minimum atomic E-state index is -0.381. The van der Waals surface area contributed by atoms with Gasteiger partial charge in [-0.3, -0.25) is 10.1 Å². The topological polar surface area (TPSA) is 64.4 Å². The Balaban J connectivity index is 2.43. The molecule has 1 rings (SSSR count). The first-order valence-corrected chi connectivity index (χ1v) is 9.04. The number of nitro benzene ring substituents is 1. The molecule has 0 saturated heterocycles. The smallest absolute Gasteiger partial charge is 0.292 e. The van der Waals surface area contributed by atoms with Gasteiger partial charge >= 0.3 is 0 Å². The fraction of sp³-hybridized carbons (Fsp3) is 0.571. The summed E-state index contributed by atoms with van der Waals surface area (Å²) in [7, 11) is 0. The maximum atomic E-state index is 10.9. The number of nitro groups is 1. The molecular formula is C14H22BrN2O3S+. The first kappa shape index (κ1) is 18.3. The summed E-state index contributed by atoms with van der Waals surface area (Å²) in [5, 5.41) is 14.0. The Morgan fingerprint density at radius 3 is 2.67 bits per heavy atom. The van der Waals surface area contributed by atoms with E-state index in [1.54, 1.807) is 12.1 Å². The molecule has 118 valence electrons. The van der Waals surface area contributed by atoms with Crippen molar-refractivity contribution in [1.29, 1.82) is 0 Å². The minimum Gasteiger partial charge on any atom is -0.379 e. The van der Waals surface area contributed by atoms with Gasteiger partial charge in [0.05, 0.1) is 4.92 Å². The Labute approximate surface area is 137 Å². The van der Waals surface area contributed by atoms with E-state index in [1.807, 2.05) is 0 Å². The number of nitrogens with zero attached hydrogens (tertiary/aromatic N) is 1. The number of hydrogen-bond donors (Lipinski definition) is 1. The van der Waals surface area contributed by atoms with Crippen molar-refractivity contribution in [3.05, 3.63) is 32.8 Å². The van der Waals surface area contributed by atoms with E-state index < -0.39 is 0 Å². The van der Waals surface area contributed by atoms with E-state index in [0.717, 1.165) is 10.9 Å². The van der Waals surface area contributed by atoms with Crippen molar-refractivity contribution < 1.29 is 9.11 Å². The standard InChI is InChI=1S/C14H22BrN2O3S/c1-14(2,3)21(4)20-9-5-8-16-12-10-11(15)6-7-13(12)17(18)19/h6-7,10,16H,5,8-9H2,1-4H3/q+1. The lowest BCUT2D eigenvalue weighted by molar-refractivity contribution is -0.384. The number of nitrogens with one attached hydrogen (secondary N) is 1. The van der Waals surface area contributed by atoms with E-state index >= 15 is 0 Å². The molecule has 0 aromatic heterocycles. The molecule has 0 bridgehead atoms. The maximum Gasteiger partial charge on any atom is 0.292 e. The van der Waals surface area contributed by atoms with E-state index in [2.05, 4.69) is 48.3 Å². The van der Waals surface area contributed by atoms with Crippen molar-refractivity contribution in [3.63, 3.8) is 0 Å². The summed E-state index contributed by atoms with van der Waals surface area (Å²) in [6.07, 6.45) is 2.89. The van der Waals surface area contributed by atoms with Crippen LogP contribution in [0.5, 0.6) is 0 Å². The predicted molar refractivity (Wildman–Crippen MR) is 92.9 cm³/mol. The van der Waals surface area contributed by atoms with Crippen LogP contribution < -0.4 is 5.32 Å². The van der Waals surface area contributed by atoms with Crippen LogP contribution in [0.4, 0.5) is 11.4 Å². The van der Waals surface area contributed by atoms with Crippen molar-refractivity contribution in [2.24, 2.45) is 0 Å². The molecule has 0 heterocycles. The molecule has 0 aliphatic carbocycles. The van der Waals surface area contributed by atoms with E-state index in [-0.39, 0.29) is 26.5 Å². The van der Waals surface area contributed by atoms with Gasteiger partial charge < -0.3 is 5.32 Å². The number of anilines is 1. The minimum absolute atomic E-state index is 0.0871. The van der Waals surface area contributed by atoms with Crippen LogP contribution >= 0.6 is 15.9 Å². The molecule has 1 N–H and O–H groups in total. The average Bonchev–Trinajstić information content (AvgIpc) is 2.36. The van der Waals surface area contributed by atoms with E-state index in [9.17, 15) is 10.1 Å². The Kier molecular flexibility index (Phi) is 6.96. The van der Waals surface area contributed by atoms with Crippen molar-refractivity contribution >= 4 is 38.5 Å². The Morgan fingerprint density at radius 2 is 2.10 bits per heavy atom. The third-order valence-corrected chi connectivity index (χ3v) is 5.65. The molecule has 1 aromatic rings. The van der Waals surface area contributed by atoms with Crippen LogP contribution in [0, 0.1) is 10.1 Å². The first-order chi connectivity index (χ1) is 9.71. The first-order valence-electron chi connectivity index (χ1n) is 6.69. The van der Waals surface area contributed by atoms with Crippen molar-refractivity contribution in [1.82, 2.24) is 0 Å². The number of rotatable bonds is 7. The Morgan fingerprint density at radius 1 is 1.43 bits per heavy atom. The summed E-state index contributed by atoms with van der Waals surface area (Å²) in [5.41, 5.74) is 0.616.